The SMILES string of the molecule is CCCN(CCC)c1ccc(/C=N\n2c(C3CC3)n[nH]c2=S)cc1. The van der Waals surface area contributed by atoms with Crippen LogP contribution < -0.4 is 4.90 Å². The standard InChI is InChI=1S/C18H25N5S/c1-3-11-22(12-4-2)16-9-5-14(6-10-16)13-19-23-17(15-7-8-15)20-21-18(23)24/h5-6,9-10,13,15H,3-4,7-8,11-12H2,1-2H3,(H,21,24)/b19-13-. The van der Waals surface area contributed by atoms with Gasteiger partial charge >= 0.3 is 0 Å². The third kappa shape index (κ3) is 3.93. The van der Waals surface area contributed by atoms with E-state index in [1.807, 2.05) is 6.21 Å². The van der Waals surface area contributed by atoms with Gasteiger partial charge in [-0.05, 0) is 55.6 Å². The molecule has 1 N–H and O–H groups in total. The first-order chi connectivity index (χ1) is 11.7. The Morgan fingerprint density at radius 1 is 1.25 bits per heavy atom. The smallest absolute Gasteiger partial charge is 0.216 e. The maximum atomic E-state index is 5.27. The molecule has 1 aromatic carbocycles. The van der Waals surface area contributed by atoms with Gasteiger partial charge in [-0.2, -0.15) is 14.9 Å². The third-order valence-corrected chi connectivity index (χ3v) is 4.45. The minimum absolute atomic E-state index is 0.508. The average Bonchev–Trinajstić information content (AvgIpc) is 3.37. The van der Waals surface area contributed by atoms with Gasteiger partial charge in [0, 0.05) is 24.7 Å². The van der Waals surface area contributed by atoms with E-state index in [1.54, 1.807) is 4.68 Å². The molecule has 24 heavy (non-hydrogen) atoms. The second kappa shape index (κ2) is 7.75. The summed E-state index contributed by atoms with van der Waals surface area (Å²) in [6, 6.07) is 8.56. The van der Waals surface area contributed by atoms with Gasteiger partial charge < -0.3 is 4.90 Å². The molecule has 0 saturated heterocycles. The summed E-state index contributed by atoms with van der Waals surface area (Å²) in [6.07, 6.45) is 6.52. The van der Waals surface area contributed by atoms with Crippen molar-refractivity contribution in [3.05, 3.63) is 40.4 Å². The highest BCUT2D eigenvalue weighted by molar-refractivity contribution is 7.71. The van der Waals surface area contributed by atoms with E-state index in [0.717, 1.165) is 37.3 Å². The minimum Gasteiger partial charge on any atom is -0.372 e. The van der Waals surface area contributed by atoms with Crippen LogP contribution in [0.15, 0.2) is 29.4 Å². The van der Waals surface area contributed by atoms with Crippen LogP contribution in [-0.4, -0.2) is 34.2 Å². The number of aromatic nitrogens is 3. The lowest BCUT2D eigenvalue weighted by Crippen LogP contribution is -2.24. The van der Waals surface area contributed by atoms with Crippen LogP contribution in [0.2, 0.25) is 0 Å². The monoisotopic (exact) mass is 343 g/mol. The number of H-pyrrole nitrogens is 1. The lowest BCUT2D eigenvalue weighted by atomic mass is 10.2. The van der Waals surface area contributed by atoms with Crippen LogP contribution >= 0.6 is 12.2 Å². The zero-order valence-electron chi connectivity index (χ0n) is 14.4. The summed E-state index contributed by atoms with van der Waals surface area (Å²) < 4.78 is 2.31. The summed E-state index contributed by atoms with van der Waals surface area (Å²) in [7, 11) is 0. The maximum Gasteiger partial charge on any atom is 0.216 e. The summed E-state index contributed by atoms with van der Waals surface area (Å²) >= 11 is 5.27. The molecule has 1 aliphatic carbocycles. The lowest BCUT2D eigenvalue weighted by Gasteiger charge is -2.23. The largest absolute Gasteiger partial charge is 0.372 e. The average molecular weight is 344 g/mol. The summed E-state index contributed by atoms with van der Waals surface area (Å²) in [5, 5.41) is 11.7. The topological polar surface area (TPSA) is 49.2 Å². The van der Waals surface area contributed by atoms with Crippen molar-refractivity contribution in [2.75, 3.05) is 18.0 Å². The van der Waals surface area contributed by atoms with Gasteiger partial charge in [0.05, 0.1) is 6.21 Å². The highest BCUT2D eigenvalue weighted by atomic mass is 32.1. The van der Waals surface area contributed by atoms with Crippen molar-refractivity contribution in [1.82, 2.24) is 14.9 Å². The van der Waals surface area contributed by atoms with Crippen LogP contribution in [0, 0.1) is 4.77 Å². The molecule has 5 nitrogen and oxygen atoms in total. The Morgan fingerprint density at radius 3 is 2.50 bits per heavy atom. The van der Waals surface area contributed by atoms with Crippen molar-refractivity contribution >= 4 is 24.1 Å². The van der Waals surface area contributed by atoms with Gasteiger partial charge in [-0.25, -0.2) is 0 Å². The number of nitrogens with one attached hydrogen (secondary N) is 1. The van der Waals surface area contributed by atoms with Crippen LogP contribution in [-0.2, 0) is 0 Å². The quantitative estimate of drug-likeness (QED) is 0.573. The van der Waals surface area contributed by atoms with Gasteiger partial charge in [-0.1, -0.05) is 26.0 Å². The second-order valence-corrected chi connectivity index (χ2v) is 6.68. The fourth-order valence-electron chi connectivity index (χ4n) is 2.83. The van der Waals surface area contributed by atoms with E-state index in [9.17, 15) is 0 Å². The highest BCUT2D eigenvalue weighted by Crippen LogP contribution is 2.38. The molecule has 128 valence electrons. The van der Waals surface area contributed by atoms with E-state index in [0.29, 0.717) is 10.7 Å². The predicted molar refractivity (Wildman–Crippen MR) is 102 cm³/mol. The first kappa shape index (κ1) is 16.9. The van der Waals surface area contributed by atoms with E-state index in [1.165, 1.54) is 18.5 Å². The lowest BCUT2D eigenvalue weighted by molar-refractivity contribution is 0.745. The van der Waals surface area contributed by atoms with Crippen LogP contribution in [0.4, 0.5) is 5.69 Å². The number of benzene rings is 1. The summed E-state index contributed by atoms with van der Waals surface area (Å²) in [5.74, 6) is 1.46. The normalized spacial score (nSPS) is 14.4. The zero-order valence-corrected chi connectivity index (χ0v) is 15.2. The fraction of sp³-hybridized carbons (Fsp3) is 0.500. The van der Waals surface area contributed by atoms with E-state index in [4.69, 9.17) is 12.2 Å². The molecule has 0 amide bonds. The van der Waals surface area contributed by atoms with Gasteiger partial charge in [-0.15, -0.1) is 0 Å². The molecule has 6 heteroatoms. The Balaban J connectivity index is 1.74. The van der Waals surface area contributed by atoms with Crippen molar-refractivity contribution in [3.8, 4) is 0 Å². The second-order valence-electron chi connectivity index (χ2n) is 6.30. The molecule has 0 bridgehead atoms. The molecule has 1 heterocycles. The Hall–Kier alpha value is -1.95. The molecular formula is C18H25N5S. The Labute approximate surface area is 148 Å². The highest BCUT2D eigenvalue weighted by Gasteiger charge is 2.29. The number of rotatable bonds is 8. The van der Waals surface area contributed by atoms with E-state index < -0.39 is 0 Å². The van der Waals surface area contributed by atoms with Crippen LogP contribution in [0.5, 0.6) is 0 Å². The minimum atomic E-state index is 0.508. The Morgan fingerprint density at radius 2 is 1.92 bits per heavy atom. The van der Waals surface area contributed by atoms with Crippen molar-refractivity contribution < 1.29 is 0 Å². The molecule has 1 aliphatic rings. The third-order valence-electron chi connectivity index (χ3n) is 4.19. The van der Waals surface area contributed by atoms with Gasteiger partial charge in [0.15, 0.2) is 5.82 Å². The molecule has 0 radical (unpaired) electrons. The van der Waals surface area contributed by atoms with Crippen LogP contribution in [0.3, 0.4) is 0 Å². The van der Waals surface area contributed by atoms with E-state index in [-0.39, 0.29) is 0 Å². The molecule has 0 spiro atoms. The first-order valence-corrected chi connectivity index (χ1v) is 9.20. The van der Waals surface area contributed by atoms with Crippen LogP contribution in [0.25, 0.3) is 0 Å². The van der Waals surface area contributed by atoms with Gasteiger partial charge in [0.25, 0.3) is 0 Å². The fourth-order valence-corrected chi connectivity index (χ4v) is 3.01. The summed E-state index contributed by atoms with van der Waals surface area (Å²) in [5.41, 5.74) is 2.34. The van der Waals surface area contributed by atoms with Crippen molar-refractivity contribution in [2.24, 2.45) is 5.10 Å². The van der Waals surface area contributed by atoms with Crippen LogP contribution in [0.1, 0.15) is 56.8 Å². The number of hydrogen-bond donors (Lipinski definition) is 1. The molecule has 2 aromatic rings. The van der Waals surface area contributed by atoms with Crippen molar-refractivity contribution in [1.29, 1.82) is 0 Å². The van der Waals surface area contributed by atoms with Crippen molar-refractivity contribution in [3.63, 3.8) is 0 Å². The summed E-state index contributed by atoms with van der Waals surface area (Å²) in [4.78, 5) is 2.43. The molecular weight excluding hydrogens is 318 g/mol. The molecule has 0 aliphatic heterocycles. The maximum absolute atomic E-state index is 5.27. The van der Waals surface area contributed by atoms with Gasteiger partial charge in [0.2, 0.25) is 4.77 Å². The molecule has 0 atom stereocenters. The van der Waals surface area contributed by atoms with E-state index in [2.05, 4.69) is 58.3 Å². The first-order valence-electron chi connectivity index (χ1n) is 8.79. The molecule has 3 rings (SSSR count). The Kier molecular flexibility index (Phi) is 5.45. The van der Waals surface area contributed by atoms with E-state index >= 15 is 0 Å². The molecule has 1 aromatic heterocycles. The van der Waals surface area contributed by atoms with Crippen molar-refractivity contribution in [2.45, 2.75) is 45.4 Å². The zero-order chi connectivity index (χ0) is 16.9. The number of nitrogens with zero attached hydrogens (tertiary/aromatic N) is 4. The number of anilines is 1. The summed E-state index contributed by atoms with van der Waals surface area (Å²) in [6.45, 7) is 6.62. The molecule has 0 unspecified atom stereocenters. The predicted octanol–water partition coefficient (Wildman–Crippen LogP) is 4.33. The molecule has 1 fully saturated rings. The van der Waals surface area contributed by atoms with Gasteiger partial charge in [0.1, 0.15) is 0 Å². The molecule has 1 saturated carbocycles. The number of aromatic amines is 1. The number of hydrogen-bond acceptors (Lipinski definition) is 4. The van der Waals surface area contributed by atoms with Gasteiger partial charge in [-0.3, -0.25) is 5.10 Å². The Bertz CT molecular complexity index is 734.